The summed E-state index contributed by atoms with van der Waals surface area (Å²) >= 11 is 3.85. The van der Waals surface area contributed by atoms with Crippen LogP contribution in [0.15, 0.2) is 94.7 Å². The number of hydrogen-bond acceptors (Lipinski definition) is 6. The van der Waals surface area contributed by atoms with Crippen LogP contribution in [0.1, 0.15) is 89.9 Å². The van der Waals surface area contributed by atoms with Crippen LogP contribution in [0, 0.1) is 0 Å². The molecule has 1 aliphatic heterocycles. The molecule has 6 nitrogen and oxygen atoms in total. The van der Waals surface area contributed by atoms with Crippen molar-refractivity contribution in [1.82, 2.24) is 9.97 Å². The first-order valence-electron chi connectivity index (χ1n) is 19.1. The van der Waals surface area contributed by atoms with Crippen molar-refractivity contribution in [2.24, 2.45) is 0 Å². The van der Waals surface area contributed by atoms with Crippen LogP contribution < -0.4 is 10.6 Å². The highest BCUT2D eigenvalue weighted by molar-refractivity contribution is 8.00. The number of amides is 2. The van der Waals surface area contributed by atoms with E-state index in [9.17, 15) is 9.59 Å². The topological polar surface area (TPSA) is 84.0 Å². The third kappa shape index (κ3) is 9.25. The van der Waals surface area contributed by atoms with Crippen LogP contribution in [0.5, 0.6) is 0 Å². The second-order valence-electron chi connectivity index (χ2n) is 13.9. The van der Waals surface area contributed by atoms with E-state index in [1.165, 1.54) is 65.5 Å². The maximum absolute atomic E-state index is 12.9. The molecule has 0 saturated heterocycles. The number of rotatable bonds is 0. The zero-order valence-corrected chi connectivity index (χ0v) is 31.6. The standard InChI is InChI=1S/C44H48N4O2S2/c49-41-21-9-5-4-6-10-22-42(50)46-32-24-26-40-36(30-32)44(34-18-12-14-20-38(34)48-40)52-28-16-8-3-1-2-7-15-27-51-43-33-17-11-13-19-37(33)47-39-25-23-31(45-41)29-35(39)43/h11-14,17-20,23-26,29-30H,1-10,15-16,21-22,27-28H2,(H,45,49)(H,46,50). The molecule has 4 aromatic carbocycles. The van der Waals surface area contributed by atoms with Gasteiger partial charge in [0.25, 0.3) is 0 Å². The summed E-state index contributed by atoms with van der Waals surface area (Å²) in [5.41, 5.74) is 5.61. The van der Waals surface area contributed by atoms with E-state index >= 15 is 0 Å². The number of carbonyl (C=O) groups excluding carboxylic acids is 2. The zero-order chi connectivity index (χ0) is 35.5. The van der Waals surface area contributed by atoms with Gasteiger partial charge in [0.15, 0.2) is 0 Å². The SMILES string of the molecule is O=C1CCCCCCCC(=O)Nc2ccc3nc4ccccc4c(c3c2)SCCCCCCCCCSc2c3ccccc3nc3ccc(cc23)N1. The van der Waals surface area contributed by atoms with Crippen molar-refractivity contribution in [2.45, 2.75) is 99.7 Å². The molecule has 0 unspecified atom stereocenters. The Bertz CT molecular complexity index is 2030. The number of carbonyl (C=O) groups is 2. The van der Waals surface area contributed by atoms with Crippen LogP contribution in [-0.2, 0) is 9.59 Å². The molecule has 1 aliphatic rings. The van der Waals surface area contributed by atoms with Gasteiger partial charge in [-0.25, -0.2) is 9.97 Å². The fourth-order valence-electron chi connectivity index (χ4n) is 7.16. The molecule has 0 fully saturated rings. The van der Waals surface area contributed by atoms with Gasteiger partial charge in [0.1, 0.15) is 0 Å². The number of fused-ring (bicyclic) bond motifs is 6. The van der Waals surface area contributed by atoms with E-state index in [1.54, 1.807) is 0 Å². The summed E-state index contributed by atoms with van der Waals surface area (Å²) in [5.74, 6) is 2.22. The Hall–Kier alpha value is -4.14. The molecule has 268 valence electrons. The van der Waals surface area contributed by atoms with Crippen LogP contribution in [0.3, 0.4) is 0 Å². The number of anilines is 2. The third-order valence-corrected chi connectivity index (χ3v) is 12.4. The summed E-state index contributed by atoms with van der Waals surface area (Å²) in [7, 11) is 0. The Morgan fingerprint density at radius 2 is 0.808 bits per heavy atom. The fourth-order valence-corrected chi connectivity index (χ4v) is 9.56. The molecular formula is C44H48N4O2S2. The van der Waals surface area contributed by atoms with E-state index in [2.05, 4.69) is 71.3 Å². The van der Waals surface area contributed by atoms with E-state index < -0.39 is 0 Å². The van der Waals surface area contributed by atoms with Gasteiger partial charge in [-0.2, -0.15) is 0 Å². The summed E-state index contributed by atoms with van der Waals surface area (Å²) in [6, 6.07) is 29.0. The van der Waals surface area contributed by atoms with E-state index in [0.29, 0.717) is 12.8 Å². The Balaban J connectivity index is 1.03. The summed E-state index contributed by atoms with van der Waals surface area (Å²) in [5, 5.41) is 10.9. The van der Waals surface area contributed by atoms with Crippen LogP contribution in [0.2, 0.25) is 0 Å². The molecule has 0 radical (unpaired) electrons. The number of hydrogen-bond donors (Lipinski definition) is 2. The normalized spacial score (nSPS) is 17.0. The minimum Gasteiger partial charge on any atom is -0.326 e. The molecule has 0 saturated carbocycles. The first-order valence-corrected chi connectivity index (χ1v) is 21.1. The minimum atomic E-state index is 0.0430. The predicted octanol–water partition coefficient (Wildman–Crippen LogP) is 12.3. The average Bonchev–Trinajstić information content (AvgIpc) is 3.15. The van der Waals surface area contributed by atoms with E-state index in [1.807, 2.05) is 47.8 Å². The molecule has 3 heterocycles. The third-order valence-electron chi connectivity index (χ3n) is 9.92. The van der Waals surface area contributed by atoms with Crippen LogP contribution in [0.25, 0.3) is 43.6 Å². The fraction of sp³-hybridized carbons (Fsp3) is 0.364. The van der Waals surface area contributed by atoms with E-state index in [-0.39, 0.29) is 11.8 Å². The molecule has 8 heteroatoms. The number of nitrogens with zero attached hydrogens (tertiary/aromatic N) is 2. The highest BCUT2D eigenvalue weighted by Gasteiger charge is 2.14. The molecule has 2 aromatic heterocycles. The summed E-state index contributed by atoms with van der Waals surface area (Å²) in [6.45, 7) is 0. The lowest BCUT2D eigenvalue weighted by Crippen LogP contribution is -2.11. The van der Waals surface area contributed by atoms with Gasteiger partial charge in [-0.15, -0.1) is 23.5 Å². The van der Waals surface area contributed by atoms with Gasteiger partial charge >= 0.3 is 0 Å². The second kappa shape index (κ2) is 18.1. The van der Waals surface area contributed by atoms with Crippen molar-refractivity contribution < 1.29 is 9.59 Å². The smallest absolute Gasteiger partial charge is 0.224 e. The van der Waals surface area contributed by atoms with E-state index in [0.717, 1.165) is 87.8 Å². The lowest BCUT2D eigenvalue weighted by molar-refractivity contribution is -0.117. The Morgan fingerprint density at radius 3 is 1.27 bits per heavy atom. The maximum atomic E-state index is 12.9. The zero-order valence-electron chi connectivity index (χ0n) is 29.9. The van der Waals surface area contributed by atoms with Gasteiger partial charge in [-0.05, 0) is 85.7 Å². The molecule has 52 heavy (non-hydrogen) atoms. The largest absolute Gasteiger partial charge is 0.326 e. The van der Waals surface area contributed by atoms with Gasteiger partial charge in [-0.1, -0.05) is 87.8 Å². The van der Waals surface area contributed by atoms with Gasteiger partial charge in [0, 0.05) is 55.6 Å². The first-order chi connectivity index (χ1) is 25.6. The number of aromatic nitrogens is 2. The number of nitrogens with one attached hydrogen (secondary N) is 2. The van der Waals surface area contributed by atoms with Crippen molar-refractivity contribution in [3.05, 3.63) is 84.9 Å². The first kappa shape index (κ1) is 36.2. The lowest BCUT2D eigenvalue weighted by atomic mass is 10.1. The molecule has 0 spiro atoms. The van der Waals surface area contributed by atoms with Crippen LogP contribution in [0.4, 0.5) is 11.4 Å². The molecule has 7 rings (SSSR count). The molecule has 0 aliphatic carbocycles. The highest BCUT2D eigenvalue weighted by Crippen LogP contribution is 2.37. The summed E-state index contributed by atoms with van der Waals surface area (Å²) in [4.78, 5) is 38.2. The Labute approximate surface area is 315 Å². The molecule has 4 bridgehead atoms. The van der Waals surface area contributed by atoms with Crippen LogP contribution in [-0.4, -0.2) is 33.3 Å². The Morgan fingerprint density at radius 1 is 0.423 bits per heavy atom. The molecule has 0 atom stereocenters. The molecule has 2 N–H and O–H groups in total. The van der Waals surface area contributed by atoms with Crippen molar-refractivity contribution in [3.63, 3.8) is 0 Å². The van der Waals surface area contributed by atoms with Crippen LogP contribution >= 0.6 is 23.5 Å². The van der Waals surface area contributed by atoms with Crippen molar-refractivity contribution in [1.29, 1.82) is 0 Å². The number of thioether (sulfide) groups is 2. The second-order valence-corrected chi connectivity index (χ2v) is 16.1. The molecule has 6 aromatic rings. The van der Waals surface area contributed by atoms with Gasteiger partial charge in [-0.3, -0.25) is 9.59 Å². The quantitative estimate of drug-likeness (QED) is 0.152. The monoisotopic (exact) mass is 728 g/mol. The number of pyridine rings is 2. The van der Waals surface area contributed by atoms with Crippen molar-refractivity contribution >= 4 is 90.3 Å². The molecular weight excluding hydrogens is 681 g/mol. The number of para-hydroxylation sites is 2. The van der Waals surface area contributed by atoms with Gasteiger partial charge in [0.2, 0.25) is 11.8 Å². The molecule has 2 amide bonds. The van der Waals surface area contributed by atoms with Gasteiger partial charge < -0.3 is 10.6 Å². The highest BCUT2D eigenvalue weighted by atomic mass is 32.2. The van der Waals surface area contributed by atoms with Gasteiger partial charge in [0.05, 0.1) is 22.1 Å². The van der Waals surface area contributed by atoms with Crippen molar-refractivity contribution in [2.75, 3.05) is 22.1 Å². The number of benzene rings is 4. The average molecular weight is 729 g/mol. The summed E-state index contributed by atoms with van der Waals surface area (Å²) < 4.78 is 0. The minimum absolute atomic E-state index is 0.0430. The van der Waals surface area contributed by atoms with E-state index in [4.69, 9.17) is 9.97 Å². The maximum Gasteiger partial charge on any atom is 0.224 e. The lowest BCUT2D eigenvalue weighted by Gasteiger charge is -2.13. The Kier molecular flexibility index (Phi) is 12.6. The van der Waals surface area contributed by atoms with Crippen molar-refractivity contribution in [3.8, 4) is 0 Å². The summed E-state index contributed by atoms with van der Waals surface area (Å²) in [6.07, 6.45) is 14.2. The predicted molar refractivity (Wildman–Crippen MR) is 222 cm³/mol.